The third-order valence-electron chi connectivity index (χ3n) is 13.5. The van der Waals surface area contributed by atoms with Gasteiger partial charge in [-0.1, -0.05) is 221 Å². The van der Waals surface area contributed by atoms with Crippen molar-refractivity contribution in [3.05, 3.63) is 85.1 Å². The molecule has 0 spiro atoms. The highest BCUT2D eigenvalue weighted by Crippen LogP contribution is 2.26. The molecule has 0 saturated carbocycles. The summed E-state index contributed by atoms with van der Waals surface area (Å²) in [4.78, 5) is 51.1. The number of aliphatic carboxylic acids is 1. The number of hydrogen-bond acceptors (Lipinski definition) is 11. The van der Waals surface area contributed by atoms with E-state index in [0.29, 0.717) is 19.3 Å². The molecule has 1 fully saturated rings. The predicted molar refractivity (Wildman–Crippen MR) is 312 cm³/mol. The van der Waals surface area contributed by atoms with Crippen molar-refractivity contribution in [1.29, 1.82) is 0 Å². The maximum absolute atomic E-state index is 13.1. The predicted octanol–water partition coefficient (Wildman–Crippen LogP) is 15.9. The standard InChI is InChI=1S/C65H108O12/c1-4-7-10-13-16-19-21-23-25-27-29-31-33-35-37-40-42-45-48-51-57(66)73-54-56(75-58(67)52-49-46-43-39-18-15-12-9-6-3)55-74-65-63(61(70)60(69)62(77-65)64(71)72)76-59(68)53-50-47-44-41-38-36-34-32-30-28-26-24-22-20-17-14-11-8-5-2/h7,10,16-17,19-20,23-26,29,31,35,37,56,60-63,65,69-70H,4-6,8-9,11-15,18,21-22,27-28,30,32-34,36,38-55H2,1-3H3,(H,71,72)/b10-7-,19-16-,20-17-,25-23-,26-24-,31-29-,37-35-. The highest BCUT2D eigenvalue weighted by atomic mass is 16.7. The molecular weight excluding hydrogens is 973 g/mol. The van der Waals surface area contributed by atoms with Crippen LogP contribution in [0.15, 0.2) is 85.1 Å². The molecule has 0 amide bonds. The van der Waals surface area contributed by atoms with Gasteiger partial charge < -0.3 is 39.0 Å². The number of esters is 3. The van der Waals surface area contributed by atoms with E-state index in [9.17, 15) is 34.5 Å². The molecule has 12 heteroatoms. The van der Waals surface area contributed by atoms with Gasteiger partial charge in [-0.3, -0.25) is 14.4 Å². The van der Waals surface area contributed by atoms with Crippen LogP contribution in [0.2, 0.25) is 0 Å². The van der Waals surface area contributed by atoms with E-state index < -0.39 is 67.3 Å². The number of rotatable bonds is 51. The van der Waals surface area contributed by atoms with Crippen LogP contribution in [0.3, 0.4) is 0 Å². The highest BCUT2D eigenvalue weighted by molar-refractivity contribution is 5.74. The Morgan fingerprint density at radius 1 is 0.442 bits per heavy atom. The number of carbonyl (C=O) groups is 4. The summed E-state index contributed by atoms with van der Waals surface area (Å²) in [5, 5.41) is 31.5. The van der Waals surface area contributed by atoms with Crippen LogP contribution in [0.25, 0.3) is 0 Å². The summed E-state index contributed by atoms with van der Waals surface area (Å²) in [6.07, 6.45) is 55.6. The second-order valence-electron chi connectivity index (χ2n) is 20.6. The molecule has 12 nitrogen and oxygen atoms in total. The van der Waals surface area contributed by atoms with Crippen LogP contribution in [-0.4, -0.2) is 89.2 Å². The van der Waals surface area contributed by atoms with Gasteiger partial charge in [-0.15, -0.1) is 0 Å². The van der Waals surface area contributed by atoms with Crippen LogP contribution >= 0.6 is 0 Å². The Morgan fingerprint density at radius 2 is 0.818 bits per heavy atom. The number of hydrogen-bond donors (Lipinski definition) is 3. The minimum Gasteiger partial charge on any atom is -0.479 e. The molecule has 0 aromatic heterocycles. The molecule has 0 aromatic carbocycles. The lowest BCUT2D eigenvalue weighted by Gasteiger charge is -2.40. The first-order chi connectivity index (χ1) is 37.6. The van der Waals surface area contributed by atoms with E-state index in [1.54, 1.807) is 0 Å². The molecule has 0 radical (unpaired) electrons. The molecule has 0 aromatic rings. The fraction of sp³-hybridized carbons (Fsp3) is 0.723. The maximum atomic E-state index is 13.1. The smallest absolute Gasteiger partial charge is 0.335 e. The first kappa shape index (κ1) is 70.9. The second kappa shape index (κ2) is 52.6. The zero-order valence-corrected chi connectivity index (χ0v) is 48.4. The lowest BCUT2D eigenvalue weighted by molar-refractivity contribution is -0.301. The summed E-state index contributed by atoms with van der Waals surface area (Å²) < 4.78 is 28.4. The van der Waals surface area contributed by atoms with Gasteiger partial charge in [0.2, 0.25) is 0 Å². The number of allylic oxidation sites excluding steroid dienone is 14. The Hall–Kier alpha value is -4.10. The van der Waals surface area contributed by atoms with Crippen molar-refractivity contribution in [3.8, 4) is 0 Å². The third kappa shape index (κ3) is 42.5. The summed E-state index contributed by atoms with van der Waals surface area (Å²) in [6, 6.07) is 0. The topological polar surface area (TPSA) is 175 Å². The molecule has 1 aliphatic rings. The molecule has 3 N–H and O–H groups in total. The first-order valence-electron chi connectivity index (χ1n) is 30.6. The number of aliphatic hydroxyl groups is 2. The Balaban J connectivity index is 2.64. The molecule has 1 aliphatic heterocycles. The maximum Gasteiger partial charge on any atom is 0.335 e. The molecule has 0 aliphatic carbocycles. The number of carbonyl (C=O) groups excluding carboxylic acids is 3. The molecule has 0 bridgehead atoms. The zero-order chi connectivity index (χ0) is 56.1. The van der Waals surface area contributed by atoms with E-state index in [4.69, 9.17) is 23.7 Å². The van der Waals surface area contributed by atoms with Gasteiger partial charge >= 0.3 is 23.9 Å². The zero-order valence-electron chi connectivity index (χ0n) is 48.4. The number of carboxylic acid groups (broad SMARTS) is 1. The van der Waals surface area contributed by atoms with Crippen molar-refractivity contribution in [1.82, 2.24) is 0 Å². The summed E-state index contributed by atoms with van der Waals surface area (Å²) in [6.45, 7) is 5.81. The Kier molecular flexibility index (Phi) is 48.4. The number of unbranched alkanes of at least 4 members (excludes halogenated alkanes) is 23. The average molecular weight is 1080 g/mol. The number of ether oxygens (including phenoxy) is 5. The fourth-order valence-electron chi connectivity index (χ4n) is 8.78. The van der Waals surface area contributed by atoms with Crippen LogP contribution in [-0.2, 0) is 42.9 Å². The molecule has 77 heavy (non-hydrogen) atoms. The lowest BCUT2D eigenvalue weighted by Crippen LogP contribution is -2.61. The van der Waals surface area contributed by atoms with E-state index >= 15 is 0 Å². The van der Waals surface area contributed by atoms with Gasteiger partial charge in [0.05, 0.1) is 6.61 Å². The van der Waals surface area contributed by atoms with Crippen LogP contribution in [0.4, 0.5) is 0 Å². The van der Waals surface area contributed by atoms with Crippen LogP contribution in [0.1, 0.15) is 252 Å². The van der Waals surface area contributed by atoms with Gasteiger partial charge in [0.25, 0.3) is 0 Å². The van der Waals surface area contributed by atoms with Crippen molar-refractivity contribution in [2.45, 2.75) is 289 Å². The van der Waals surface area contributed by atoms with Gasteiger partial charge in [0.15, 0.2) is 24.6 Å². The van der Waals surface area contributed by atoms with Gasteiger partial charge in [0, 0.05) is 19.3 Å². The van der Waals surface area contributed by atoms with Crippen molar-refractivity contribution in [2.75, 3.05) is 13.2 Å². The molecule has 6 unspecified atom stereocenters. The van der Waals surface area contributed by atoms with Gasteiger partial charge in [-0.05, 0) is 96.3 Å². The lowest BCUT2D eigenvalue weighted by atomic mass is 9.98. The summed E-state index contributed by atoms with van der Waals surface area (Å²) in [5.74, 6) is -3.17. The van der Waals surface area contributed by atoms with E-state index in [0.717, 1.165) is 109 Å². The van der Waals surface area contributed by atoms with E-state index in [1.165, 1.54) is 83.5 Å². The molecule has 1 rings (SSSR count). The molecule has 1 saturated heterocycles. The monoisotopic (exact) mass is 1080 g/mol. The van der Waals surface area contributed by atoms with Gasteiger partial charge in [-0.25, -0.2) is 4.79 Å². The third-order valence-corrected chi connectivity index (χ3v) is 13.5. The Bertz CT molecular complexity index is 1660. The summed E-state index contributed by atoms with van der Waals surface area (Å²) >= 11 is 0. The van der Waals surface area contributed by atoms with Gasteiger partial charge in [0.1, 0.15) is 18.8 Å². The van der Waals surface area contributed by atoms with Gasteiger partial charge in [-0.2, -0.15) is 0 Å². The first-order valence-corrected chi connectivity index (χ1v) is 30.6. The van der Waals surface area contributed by atoms with Crippen LogP contribution in [0, 0.1) is 0 Å². The number of carboxylic acids is 1. The molecule has 1 heterocycles. The molecule has 6 atom stereocenters. The second-order valence-corrected chi connectivity index (χ2v) is 20.6. The fourth-order valence-corrected chi connectivity index (χ4v) is 8.78. The minimum absolute atomic E-state index is 0.0506. The highest BCUT2D eigenvalue weighted by Gasteiger charge is 2.50. The summed E-state index contributed by atoms with van der Waals surface area (Å²) in [5.41, 5.74) is 0. The molecular formula is C65H108O12. The Morgan fingerprint density at radius 3 is 1.29 bits per heavy atom. The normalized spacial score (nSPS) is 18.6. The SMILES string of the molecule is CC/C=C\C/C=C\C/C=C\C/C=C\C/C=C\CCCCCC(=O)OCC(COC1OC(C(=O)O)C(O)C(O)C1OC(=O)CCCCCCCCCCC/C=C\C/C=C\CCCCC)OC(=O)CCCCCCCCCCC. The quantitative estimate of drug-likeness (QED) is 0.0228. The molecule has 440 valence electrons. The van der Waals surface area contributed by atoms with E-state index in [-0.39, 0.29) is 25.9 Å². The van der Waals surface area contributed by atoms with E-state index in [2.05, 4.69) is 106 Å². The van der Waals surface area contributed by atoms with Crippen molar-refractivity contribution < 1.29 is 58.2 Å². The van der Waals surface area contributed by atoms with Crippen LogP contribution < -0.4 is 0 Å². The number of aliphatic hydroxyl groups excluding tert-OH is 2. The van der Waals surface area contributed by atoms with E-state index in [1.807, 2.05) is 0 Å². The average Bonchev–Trinajstić information content (AvgIpc) is 3.42. The van der Waals surface area contributed by atoms with Crippen molar-refractivity contribution in [2.24, 2.45) is 0 Å². The summed E-state index contributed by atoms with van der Waals surface area (Å²) in [7, 11) is 0. The van der Waals surface area contributed by atoms with Crippen LogP contribution in [0.5, 0.6) is 0 Å². The van der Waals surface area contributed by atoms with Crippen molar-refractivity contribution in [3.63, 3.8) is 0 Å². The Labute approximate surface area is 467 Å². The minimum atomic E-state index is -1.91. The van der Waals surface area contributed by atoms with Crippen molar-refractivity contribution >= 4 is 23.9 Å². The largest absolute Gasteiger partial charge is 0.479 e.